The fourth-order valence-corrected chi connectivity index (χ4v) is 19.4. The average molecular weight is 1700 g/mol. The largest absolute Gasteiger partial charge is 0.389 e. The number of nitrogens with zero attached hydrogens (tertiary/aromatic N) is 10. The molecular formula is C74H123BrN15O15P5. The van der Waals surface area contributed by atoms with Crippen LogP contribution in [-0.2, 0) is 33.2 Å². The Hall–Kier alpha value is -4.90. The molecule has 0 spiro atoms. The molecule has 616 valence electrons. The number of aliphatic imine (C=N–C) groups is 4. The fourth-order valence-electron chi connectivity index (χ4n) is 13.8. The van der Waals surface area contributed by atoms with E-state index in [1.54, 1.807) is 51.5 Å². The number of aliphatic hydroxyl groups excluding tert-OH is 6. The first kappa shape index (κ1) is 90.6. The molecule has 0 saturated carbocycles. The Bertz CT molecular complexity index is 4150. The Labute approximate surface area is 657 Å². The van der Waals surface area contributed by atoms with E-state index < -0.39 is 142 Å². The molecule has 4 bridgehead atoms. The molecule has 0 aliphatic carbocycles. The Kier molecular flexibility index (Phi) is 28.7. The van der Waals surface area contributed by atoms with Crippen LogP contribution in [0, 0.1) is 0 Å². The Morgan fingerprint density at radius 3 is 1.38 bits per heavy atom. The molecule has 30 nitrogen and oxygen atoms in total. The molecule has 1 aromatic heterocycles. The van der Waals surface area contributed by atoms with Gasteiger partial charge in [-0.1, -0.05) is 42.2 Å². The van der Waals surface area contributed by atoms with Crippen LogP contribution >= 0.6 is 50.4 Å². The Morgan fingerprint density at radius 1 is 0.536 bits per heavy atom. The second-order valence-corrected chi connectivity index (χ2v) is 56.5. The van der Waals surface area contributed by atoms with Crippen molar-refractivity contribution < 1.29 is 68.9 Å². The maximum atomic E-state index is 11.9. The third-order valence-corrected chi connectivity index (χ3v) is 28.8. The van der Waals surface area contributed by atoms with E-state index in [0.717, 1.165) is 60.2 Å². The molecule has 0 aromatic carbocycles. The van der Waals surface area contributed by atoms with Crippen molar-refractivity contribution in [2.75, 3.05) is 116 Å². The van der Waals surface area contributed by atoms with Crippen molar-refractivity contribution in [2.45, 2.75) is 172 Å². The summed E-state index contributed by atoms with van der Waals surface area (Å²) in [6, 6.07) is 1.45. The molecule has 7 fully saturated rings. The summed E-state index contributed by atoms with van der Waals surface area (Å²) in [5.74, 6) is 3.61. The lowest BCUT2D eigenvalue weighted by molar-refractivity contribution is -0.181. The van der Waals surface area contributed by atoms with E-state index in [2.05, 4.69) is 165 Å². The van der Waals surface area contributed by atoms with Crippen molar-refractivity contribution in [3.8, 4) is 0 Å². The van der Waals surface area contributed by atoms with Gasteiger partial charge >= 0.3 is 5.69 Å². The number of anilines is 1. The lowest BCUT2D eigenvalue weighted by Gasteiger charge is -2.37. The molecule has 12 heterocycles. The summed E-state index contributed by atoms with van der Waals surface area (Å²) >= 11 is 3.53. The van der Waals surface area contributed by atoms with E-state index >= 15 is 0 Å². The number of aliphatic hydroxyl groups is 7. The van der Waals surface area contributed by atoms with Crippen LogP contribution in [0.1, 0.15) is 59.1 Å². The summed E-state index contributed by atoms with van der Waals surface area (Å²) in [5, 5.41) is 73.4. The van der Waals surface area contributed by atoms with Gasteiger partial charge in [0, 0.05) is 36.6 Å². The zero-order valence-corrected chi connectivity index (χ0v) is 72.2. The molecule has 11 aliphatic rings. The third kappa shape index (κ3) is 22.0. The molecule has 11 aliphatic heterocycles. The van der Waals surface area contributed by atoms with Crippen molar-refractivity contribution >= 4 is 111 Å². The van der Waals surface area contributed by atoms with Crippen molar-refractivity contribution in [1.82, 2.24) is 29.2 Å². The average Bonchev–Trinajstić information content (AvgIpc) is 1.58. The van der Waals surface area contributed by atoms with Gasteiger partial charge in [0.15, 0.2) is 31.1 Å². The molecule has 36 heteroatoms. The summed E-state index contributed by atoms with van der Waals surface area (Å²) in [6.07, 6.45) is 33.1. The highest BCUT2D eigenvalue weighted by Crippen LogP contribution is 2.51. The molecule has 0 unspecified atom stereocenters. The summed E-state index contributed by atoms with van der Waals surface area (Å²) in [5.41, 5.74) is 24.7. The molecule has 7 saturated heterocycles. The number of halogens is 1. The lowest BCUT2D eigenvalue weighted by Crippen LogP contribution is -2.46. The highest BCUT2D eigenvalue weighted by molar-refractivity contribution is 9.09. The van der Waals surface area contributed by atoms with E-state index in [-0.39, 0.29) is 23.0 Å². The van der Waals surface area contributed by atoms with Crippen LogP contribution in [0.15, 0.2) is 135 Å². The van der Waals surface area contributed by atoms with Gasteiger partial charge in [-0.15, -0.1) is 65.9 Å². The van der Waals surface area contributed by atoms with Crippen molar-refractivity contribution in [3.05, 3.63) is 121 Å². The van der Waals surface area contributed by atoms with E-state index in [0.29, 0.717) is 72.7 Å². The molecule has 110 heavy (non-hydrogen) atoms. The minimum Gasteiger partial charge on any atom is -0.389 e. The van der Waals surface area contributed by atoms with Gasteiger partial charge in [-0.05, 0) is 175 Å². The van der Waals surface area contributed by atoms with E-state index in [1.807, 2.05) is 24.9 Å². The highest BCUT2D eigenvalue weighted by atomic mass is 79.9. The number of nitrogen functional groups attached to an aromatic ring is 1. The number of fused-ring (bicyclic) bond motifs is 4. The number of hydrogen-bond acceptors (Lipinski definition) is 29. The van der Waals surface area contributed by atoms with Crippen LogP contribution in [0.3, 0.4) is 0 Å². The zero-order chi connectivity index (χ0) is 82.3. The van der Waals surface area contributed by atoms with Crippen LogP contribution in [0.4, 0.5) is 5.82 Å². The smallest absolute Gasteiger partial charge is 0.351 e. The third-order valence-electron chi connectivity index (χ3n) is 20.6. The maximum absolute atomic E-state index is 11.9. The predicted molar refractivity (Wildman–Crippen MR) is 461 cm³/mol. The lowest BCUT2D eigenvalue weighted by atomic mass is 9.94. The predicted octanol–water partition coefficient (Wildman–Crippen LogP) is 3.69. The minimum absolute atomic E-state index is 0.0968. The first-order valence-electron chi connectivity index (χ1n) is 36.3. The number of nitrogens with two attached hydrogens (primary N) is 5. The monoisotopic (exact) mass is 1700 g/mol. The summed E-state index contributed by atoms with van der Waals surface area (Å²) in [6.45, 7) is 37.1. The minimum atomic E-state index is -1.59. The summed E-state index contributed by atoms with van der Waals surface area (Å²) in [4.78, 5) is 38.9. The van der Waals surface area contributed by atoms with Crippen molar-refractivity contribution in [3.63, 3.8) is 0 Å². The van der Waals surface area contributed by atoms with Gasteiger partial charge in [0.25, 0.3) is 0 Å². The molecule has 12 rings (SSSR count). The van der Waals surface area contributed by atoms with Crippen molar-refractivity contribution in [2.24, 2.45) is 42.9 Å². The van der Waals surface area contributed by atoms with E-state index in [9.17, 15) is 40.5 Å². The Balaban J connectivity index is 0.000000173. The molecule has 0 radical (unpaired) electrons. The van der Waals surface area contributed by atoms with Gasteiger partial charge in [0.2, 0.25) is 0 Å². The number of hydrogen-bond donors (Lipinski definition) is 12. The van der Waals surface area contributed by atoms with Crippen LogP contribution < -0.4 is 34.4 Å². The molecule has 0 amide bonds. The second kappa shape index (κ2) is 34.9. The second-order valence-electron chi connectivity index (χ2n) is 33.9. The number of amidine groups is 4. The van der Waals surface area contributed by atoms with Gasteiger partial charge in [0.05, 0.1) is 42.0 Å². The molecule has 20 atom stereocenters. The summed E-state index contributed by atoms with van der Waals surface area (Å²) < 4.78 is 43.1. The first-order valence-corrected chi connectivity index (χ1v) is 52.5. The zero-order valence-electron chi connectivity index (χ0n) is 66.2. The maximum Gasteiger partial charge on any atom is 0.351 e. The van der Waals surface area contributed by atoms with Gasteiger partial charge in [-0.25, -0.2) is 24.8 Å². The van der Waals surface area contributed by atoms with Crippen LogP contribution in [0.2, 0.25) is 0 Å². The quantitative estimate of drug-likeness (QED) is 0.0654. The van der Waals surface area contributed by atoms with E-state index in [4.69, 9.17) is 61.8 Å². The Morgan fingerprint density at radius 2 is 0.945 bits per heavy atom. The van der Waals surface area contributed by atoms with Crippen LogP contribution in [0.25, 0.3) is 0 Å². The van der Waals surface area contributed by atoms with Crippen LogP contribution in [-0.4, -0.2) is 344 Å². The van der Waals surface area contributed by atoms with Crippen molar-refractivity contribution in [1.29, 1.82) is 0 Å². The molecule has 1 aromatic rings. The van der Waals surface area contributed by atoms with Crippen LogP contribution in [0.5, 0.6) is 0 Å². The summed E-state index contributed by atoms with van der Waals surface area (Å²) in [7, 11) is 0. The topological polar surface area (TPSA) is 434 Å². The van der Waals surface area contributed by atoms with Gasteiger partial charge in [0.1, 0.15) is 112 Å². The normalized spacial score (nSPS) is 35.3. The van der Waals surface area contributed by atoms with Gasteiger partial charge < -0.3 is 117 Å². The standard InChI is InChI=1S/C16H26N3O3P.C15H24N3O3P.C15H26N3O3P.C14H23BrN3O2P.C14H24N3O4P/c1-10-8-19(11(2)18-14(10)17)15-12-13(20)16(22-15,9-21-12)6-7-23(3,4)5;1-10-17-11(16)5-7-18(10)14-12-13(19)15(21-14,9-20-12)6-8-22(2,3)4;1-10-17-11(16)6-8-18(10)14-12(19)13(20)15(2,21-14)7-9-22(3,4)5;1-9-17-11(16)5-7-18(9)14-12(15)13(19)10(20-14)6-8-21(2,3)4;1-14(20)11(18)9(6-8-22(2,3)4)21-12(14)17-7-5-10(15)16-13(17)19/h8,12-13,15,20H,2-3,6-7,9H2,1,4-5H3,(H2,17,18);5,7,12-14,19H,1-2,6,8-9H2,3-4H3,(H2,16,17);6,8,12-14,19-20H,1,3,7,9H2,2,4-5H3,(H2,16,17);5,7,10,12-14,19H,1-2,6,8H2,3-4H3,(H2,16,17);5,7,9,11-12,18,20H,2,6,8H2,1,3-4H3,(H2,15,16,19)/t12-,13+,15-,16+;12-,13+,14-,15+;12-,13+,14-,15-;10-,12-,13-,14-;9-,11-,12-,14-/m11111/s1. The number of rotatable bonds is 20. The molecular weight excluding hydrogens is 1570 g/mol. The number of aromatic nitrogens is 2. The first-order chi connectivity index (χ1) is 50.6. The fraction of sp³-hybridized carbons (Fsp3) is 0.608. The molecule has 17 N–H and O–H groups in total. The SMILES string of the molecule is C=C1N=C(N)C(C)=CN1[C@@H]1O[C@@]2(CCP(=C)(C)C)CO[C@@H]1[C@@H]2O.C=C1N=C(N)C=CN1[C@@H]1O[C@@]2(CCP(=C)(C)C)CO[C@@H]1[C@@H]2O.C=C1N=C(N)C=CN1[C@@H]1O[C@H](CCP(=C)(C)C)[C@@H](O)[C@H]1Br.C=C1N=C(N)C=CN1[C@@H]1O[C@](C)(CCP(=C)(C)C)[C@@H](O)[C@H]1O.C=P(C)(C)CC[C@H]1O[C@@H](n2ccc(N)nc2=O)[C@](C)(O)[C@@H]1O. The number of alkyl halides is 1. The highest BCUT2D eigenvalue weighted by Gasteiger charge is 2.64. The van der Waals surface area contributed by atoms with Gasteiger partial charge in [-0.2, -0.15) is 4.98 Å². The van der Waals surface area contributed by atoms with Gasteiger partial charge in [-0.3, -0.25) is 4.57 Å². The van der Waals surface area contributed by atoms with E-state index in [1.165, 1.54) is 19.2 Å². The number of ether oxygens (including phenoxy) is 7.